The molecule has 0 atom stereocenters. The Bertz CT molecular complexity index is 493. The van der Waals surface area contributed by atoms with Crippen molar-refractivity contribution in [3.8, 4) is 0 Å². The van der Waals surface area contributed by atoms with E-state index < -0.39 is 0 Å². The summed E-state index contributed by atoms with van der Waals surface area (Å²) in [6.45, 7) is 23.0. The van der Waals surface area contributed by atoms with E-state index in [1.54, 1.807) is 27.7 Å². The topological polar surface area (TPSA) is 68.3 Å². The Morgan fingerprint density at radius 2 is 0.447 bits per heavy atom. The predicted molar refractivity (Wildman–Crippen MR) is 175 cm³/mol. The van der Waals surface area contributed by atoms with E-state index in [0.717, 1.165) is 0 Å². The molecule has 0 amide bonds. The number of carbonyl (C=O) groups excluding carboxylic acids is 4. The van der Waals surface area contributed by atoms with Crippen molar-refractivity contribution in [1.82, 2.24) is 0 Å². The van der Waals surface area contributed by atoms with Crippen molar-refractivity contribution >= 4 is 231 Å². The third-order valence-electron chi connectivity index (χ3n) is 2.76. The molecule has 0 rings (SSSR count). The molecule has 0 aromatic heterocycles. The van der Waals surface area contributed by atoms with Gasteiger partial charge in [0.15, 0.2) is 0 Å². The quantitative estimate of drug-likeness (QED) is 0.351. The first kappa shape index (κ1) is 70.1. The van der Waals surface area contributed by atoms with Crippen LogP contribution in [-0.2, 0) is 19.2 Å². The standard InChI is InChI=1S/4C6H11GeO.6Te/c4*1-5(8)4-6(2,3)7;;;;;;/h4*4H2,1-3H3;;;;;;. The number of carbonyl (C=O) groups is 4. The van der Waals surface area contributed by atoms with E-state index in [2.05, 4.69) is 121 Å². The van der Waals surface area contributed by atoms with E-state index >= 15 is 0 Å². The minimum atomic E-state index is 0. The Morgan fingerprint density at radius 1 is 0.368 bits per heavy atom. The van der Waals surface area contributed by atoms with E-state index in [0.29, 0.717) is 25.7 Å². The molecule has 0 aliphatic heterocycles. The van der Waals surface area contributed by atoms with Crippen molar-refractivity contribution in [1.29, 1.82) is 0 Å². The van der Waals surface area contributed by atoms with Gasteiger partial charge in [0.2, 0.25) is 0 Å². The molecule has 0 spiro atoms. The minimum Gasteiger partial charge on any atom is 0 e. The first-order chi connectivity index (χ1) is 13.7. The zero-order valence-electron chi connectivity index (χ0n) is 24.9. The van der Waals surface area contributed by atoms with Crippen molar-refractivity contribution in [3.63, 3.8) is 0 Å². The van der Waals surface area contributed by atoms with Gasteiger partial charge in [-0.1, -0.05) is 0 Å². The van der Waals surface area contributed by atoms with Gasteiger partial charge in [-0.2, -0.15) is 0 Å². The largest absolute Gasteiger partial charge is 0 e. The average molecular weight is 1450 g/mol. The molecule has 4 nitrogen and oxygen atoms in total. The molecule has 24 radical (unpaired) electrons. The summed E-state index contributed by atoms with van der Waals surface area (Å²) in [6.07, 6.45) is 2.75. The van der Waals surface area contributed by atoms with Crippen LogP contribution in [0, 0.1) is 0 Å². The molecule has 0 aliphatic rings. The number of Topliss-reactive ketones (excluding diaryl/α,β-unsaturated/α-hetero) is 4. The van der Waals surface area contributed by atoms with E-state index in [1.807, 2.05) is 0 Å². The molecule has 0 heterocycles. The second-order valence-corrected chi connectivity index (χ2v) is 22.4. The first-order valence-electron chi connectivity index (χ1n) is 10.6. The maximum atomic E-state index is 10.5. The molecule has 0 aromatic carbocycles. The van der Waals surface area contributed by atoms with Crippen molar-refractivity contribution in [2.45, 2.75) is 126 Å². The van der Waals surface area contributed by atoms with Crippen LogP contribution < -0.4 is 0 Å². The Hall–Kier alpha value is 5.59. The molecule has 0 unspecified atom stereocenters. The number of hydrogen-bond donors (Lipinski definition) is 0. The van der Waals surface area contributed by atoms with Crippen LogP contribution in [0.15, 0.2) is 0 Å². The van der Waals surface area contributed by atoms with Gasteiger partial charge >= 0.3 is 234 Å². The SMILES string of the molecule is CC(=O)C[C](C)(C)[Ge].CC(=O)C[C](C)(C)[Ge].CC(=O)C[C](C)(C)[Ge].CC(=O)C[C](C)(C)[Ge].[Te].[Te].[Te].[Te].[Te].[Te]. The fraction of sp³-hybridized carbons (Fsp3) is 0.833. The molecular weight excluding hydrogens is 1410 g/mol. The average Bonchev–Trinajstić information content (AvgIpc) is 2.26. The maximum absolute atomic E-state index is 10.5. The van der Waals surface area contributed by atoms with Crippen molar-refractivity contribution in [2.75, 3.05) is 0 Å². The van der Waals surface area contributed by atoms with Gasteiger partial charge in [-0.3, -0.25) is 0 Å². The molecule has 0 saturated heterocycles. The summed E-state index contributed by atoms with van der Waals surface area (Å²) >= 11 is 8.26. The van der Waals surface area contributed by atoms with Gasteiger partial charge in [0.25, 0.3) is 0 Å². The molecule has 0 N–H and O–H groups in total. The molecule has 14 heteroatoms. The van der Waals surface area contributed by atoms with Crippen LogP contribution in [0.2, 0.25) is 17.0 Å². The molecular formula is C24H44Ge4O4Te6. The fourth-order valence-corrected chi connectivity index (χ4v) is 4.58. The van der Waals surface area contributed by atoms with Crippen LogP contribution in [0.4, 0.5) is 0 Å². The number of ketones is 4. The van der Waals surface area contributed by atoms with Gasteiger partial charge in [-0.15, -0.1) is 0 Å². The third-order valence-corrected chi connectivity index (χ3v) is 4.25. The zero-order chi connectivity index (χ0) is 27.1. The van der Waals surface area contributed by atoms with Gasteiger partial charge in [0, 0.05) is 142 Å². The molecule has 0 bridgehead atoms. The predicted octanol–water partition coefficient (Wildman–Crippen LogP) is 3.05. The summed E-state index contributed by atoms with van der Waals surface area (Å²) in [4.78, 5) is 41.8. The normalized spacial score (nSPS) is 9.68. The Morgan fingerprint density at radius 3 is 0.447 bits per heavy atom. The van der Waals surface area contributed by atoms with Gasteiger partial charge < -0.3 is 0 Å². The first-order valence-corrected chi connectivity index (χ1v) is 14.8. The van der Waals surface area contributed by atoms with Crippen LogP contribution in [0.5, 0.6) is 0 Å². The van der Waals surface area contributed by atoms with Crippen LogP contribution in [0.3, 0.4) is 0 Å². The Kier molecular flexibility index (Phi) is 65.4. The molecule has 38 heavy (non-hydrogen) atoms. The number of hydrogen-bond acceptors (Lipinski definition) is 4. The van der Waals surface area contributed by atoms with E-state index in [-0.39, 0.29) is 182 Å². The molecule has 216 valence electrons. The zero-order valence-corrected chi connectivity index (χ0v) is 47.3. The Labute approximate surface area is 369 Å². The summed E-state index contributed by atoms with van der Waals surface area (Å²) in [6, 6.07) is 0. The maximum Gasteiger partial charge on any atom is 0 e. The van der Waals surface area contributed by atoms with Gasteiger partial charge in [-0.05, 0) is 0 Å². The summed E-state index contributed by atoms with van der Waals surface area (Å²) in [5.41, 5.74) is 0. The third kappa shape index (κ3) is 105. The van der Waals surface area contributed by atoms with Crippen molar-refractivity contribution in [2.24, 2.45) is 0 Å². The second-order valence-electron chi connectivity index (χ2n) is 11.1. The second kappa shape index (κ2) is 35.4. The molecule has 0 saturated carbocycles. The molecule has 0 aromatic rings. The van der Waals surface area contributed by atoms with E-state index in [1.165, 1.54) is 0 Å². The minimum absolute atomic E-state index is 0. The summed E-state index contributed by atoms with van der Waals surface area (Å²) in [7, 11) is 0. The fourth-order valence-electron chi connectivity index (χ4n) is 2.49. The van der Waals surface area contributed by atoms with E-state index in [9.17, 15) is 19.2 Å². The van der Waals surface area contributed by atoms with Gasteiger partial charge in [0.05, 0.1) is 0 Å². The Balaban J connectivity index is -0.0000000327. The summed E-state index contributed by atoms with van der Waals surface area (Å²) in [5, 5.41) is 0. The molecule has 0 fully saturated rings. The van der Waals surface area contributed by atoms with Crippen LogP contribution in [-0.4, -0.2) is 231 Å². The smallest absolute Gasteiger partial charge is 0 e. The molecule has 0 aliphatic carbocycles. The van der Waals surface area contributed by atoms with Crippen LogP contribution in [0.1, 0.15) is 109 Å². The van der Waals surface area contributed by atoms with Crippen LogP contribution >= 0.6 is 0 Å². The van der Waals surface area contributed by atoms with E-state index in [4.69, 9.17) is 0 Å². The summed E-state index contributed by atoms with van der Waals surface area (Å²) in [5.74, 6) is 1.10. The van der Waals surface area contributed by atoms with Gasteiger partial charge in [0.1, 0.15) is 0 Å². The van der Waals surface area contributed by atoms with Crippen molar-refractivity contribution in [3.05, 3.63) is 0 Å². The summed E-state index contributed by atoms with van der Waals surface area (Å²) < 4.78 is 0.690. The van der Waals surface area contributed by atoms with Gasteiger partial charge in [-0.25, -0.2) is 0 Å². The van der Waals surface area contributed by atoms with Crippen LogP contribution in [0.25, 0.3) is 0 Å². The van der Waals surface area contributed by atoms with Crippen molar-refractivity contribution < 1.29 is 19.2 Å². The monoisotopic (exact) mass is 1470 g/mol. The number of rotatable bonds is 8.